The van der Waals surface area contributed by atoms with Gasteiger partial charge in [-0.1, -0.05) is 30.3 Å². The SMILES string of the molecule is COCCCN(C)C(C)C(=O)NC1CCN(Cc2ccccc2)CC1. The van der Waals surface area contributed by atoms with Crippen LogP contribution in [0.1, 0.15) is 31.7 Å². The van der Waals surface area contributed by atoms with Crippen LogP contribution in [0.5, 0.6) is 0 Å². The van der Waals surface area contributed by atoms with Crippen LogP contribution < -0.4 is 5.32 Å². The van der Waals surface area contributed by atoms with E-state index in [1.54, 1.807) is 7.11 Å². The first-order valence-electron chi connectivity index (χ1n) is 9.36. The summed E-state index contributed by atoms with van der Waals surface area (Å²) in [6.07, 6.45) is 3.00. The van der Waals surface area contributed by atoms with E-state index in [2.05, 4.69) is 45.4 Å². The highest BCUT2D eigenvalue weighted by Gasteiger charge is 2.24. The molecule has 0 saturated carbocycles. The van der Waals surface area contributed by atoms with Crippen LogP contribution in [0.3, 0.4) is 0 Å². The van der Waals surface area contributed by atoms with Gasteiger partial charge in [-0.2, -0.15) is 0 Å². The van der Waals surface area contributed by atoms with Crippen LogP contribution in [0.4, 0.5) is 0 Å². The summed E-state index contributed by atoms with van der Waals surface area (Å²) < 4.78 is 5.07. The van der Waals surface area contributed by atoms with Crippen molar-refractivity contribution in [1.82, 2.24) is 15.1 Å². The van der Waals surface area contributed by atoms with Crippen molar-refractivity contribution in [2.75, 3.05) is 40.4 Å². The zero-order valence-electron chi connectivity index (χ0n) is 15.9. The number of hydrogen-bond acceptors (Lipinski definition) is 4. The van der Waals surface area contributed by atoms with Crippen molar-refractivity contribution in [3.63, 3.8) is 0 Å². The minimum absolute atomic E-state index is 0.0980. The topological polar surface area (TPSA) is 44.8 Å². The lowest BCUT2D eigenvalue weighted by atomic mass is 10.0. The van der Waals surface area contributed by atoms with Gasteiger partial charge in [-0.25, -0.2) is 0 Å². The second-order valence-electron chi connectivity index (χ2n) is 7.05. The summed E-state index contributed by atoms with van der Waals surface area (Å²) in [5, 5.41) is 3.24. The molecule has 1 saturated heterocycles. The molecule has 2 rings (SSSR count). The number of methoxy groups -OCH3 is 1. The molecule has 0 aliphatic carbocycles. The summed E-state index contributed by atoms with van der Waals surface area (Å²) in [6, 6.07) is 10.8. The summed E-state index contributed by atoms with van der Waals surface area (Å²) in [7, 11) is 3.71. The maximum atomic E-state index is 12.5. The molecule has 1 aliphatic heterocycles. The van der Waals surface area contributed by atoms with E-state index in [0.717, 1.165) is 52.0 Å². The molecule has 25 heavy (non-hydrogen) atoms. The van der Waals surface area contributed by atoms with E-state index in [4.69, 9.17) is 4.74 Å². The first kappa shape index (κ1) is 19.9. The van der Waals surface area contributed by atoms with Crippen LogP contribution in [0.15, 0.2) is 30.3 Å². The Morgan fingerprint density at radius 1 is 1.32 bits per heavy atom. The molecule has 1 atom stereocenters. The number of piperidine rings is 1. The van der Waals surface area contributed by atoms with E-state index in [9.17, 15) is 4.79 Å². The molecule has 140 valence electrons. The first-order valence-corrected chi connectivity index (χ1v) is 9.36. The number of amides is 1. The van der Waals surface area contributed by atoms with Gasteiger partial charge in [0.2, 0.25) is 5.91 Å². The third-order valence-electron chi connectivity index (χ3n) is 5.08. The second kappa shape index (κ2) is 10.5. The quantitative estimate of drug-likeness (QED) is 0.695. The standard InChI is InChI=1S/C20H33N3O2/c1-17(22(2)12-7-15-25-3)20(24)21-19-10-13-23(14-11-19)16-18-8-5-4-6-9-18/h4-6,8-9,17,19H,7,10-16H2,1-3H3,(H,21,24). The molecule has 1 heterocycles. The van der Waals surface area contributed by atoms with Gasteiger partial charge < -0.3 is 10.1 Å². The molecule has 1 unspecified atom stereocenters. The molecule has 0 aromatic heterocycles. The average molecular weight is 348 g/mol. The predicted octanol–water partition coefficient (Wildman–Crippen LogP) is 2.12. The zero-order valence-corrected chi connectivity index (χ0v) is 15.9. The lowest BCUT2D eigenvalue weighted by Gasteiger charge is -2.33. The van der Waals surface area contributed by atoms with Crippen LogP contribution in [0.25, 0.3) is 0 Å². The van der Waals surface area contributed by atoms with Crippen molar-refractivity contribution in [2.24, 2.45) is 0 Å². The number of hydrogen-bond donors (Lipinski definition) is 1. The third kappa shape index (κ3) is 6.77. The number of carbonyl (C=O) groups is 1. The Kier molecular flexibility index (Phi) is 8.38. The van der Waals surface area contributed by atoms with Crippen molar-refractivity contribution in [2.45, 2.75) is 44.8 Å². The largest absolute Gasteiger partial charge is 0.385 e. The molecular formula is C20H33N3O2. The normalized spacial score (nSPS) is 17.6. The van der Waals surface area contributed by atoms with Crippen molar-refractivity contribution in [3.05, 3.63) is 35.9 Å². The molecule has 1 amide bonds. The molecule has 1 N–H and O–H groups in total. The molecule has 1 fully saturated rings. The van der Waals surface area contributed by atoms with Crippen LogP contribution in [0, 0.1) is 0 Å². The Morgan fingerprint density at radius 3 is 2.64 bits per heavy atom. The predicted molar refractivity (Wildman–Crippen MR) is 101 cm³/mol. The van der Waals surface area contributed by atoms with Crippen LogP contribution >= 0.6 is 0 Å². The summed E-state index contributed by atoms with van der Waals surface area (Å²) >= 11 is 0. The number of carbonyl (C=O) groups excluding carboxylic acids is 1. The van der Waals surface area contributed by atoms with E-state index in [1.807, 2.05) is 14.0 Å². The second-order valence-corrected chi connectivity index (χ2v) is 7.05. The van der Waals surface area contributed by atoms with E-state index in [-0.39, 0.29) is 11.9 Å². The molecule has 0 spiro atoms. The van der Waals surface area contributed by atoms with E-state index >= 15 is 0 Å². The fourth-order valence-electron chi connectivity index (χ4n) is 3.25. The molecule has 0 radical (unpaired) electrons. The van der Waals surface area contributed by atoms with Gasteiger partial charge in [-0.3, -0.25) is 14.6 Å². The van der Waals surface area contributed by atoms with Gasteiger partial charge in [0.05, 0.1) is 6.04 Å². The Labute approximate surface area is 152 Å². The molecule has 5 heteroatoms. The minimum Gasteiger partial charge on any atom is -0.385 e. The number of likely N-dealkylation sites (N-methyl/N-ethyl adjacent to an activating group) is 1. The Morgan fingerprint density at radius 2 is 2.00 bits per heavy atom. The molecule has 1 aliphatic rings. The fourth-order valence-corrected chi connectivity index (χ4v) is 3.25. The van der Waals surface area contributed by atoms with E-state index in [1.165, 1.54) is 5.56 Å². The van der Waals surface area contributed by atoms with E-state index < -0.39 is 0 Å². The molecule has 5 nitrogen and oxygen atoms in total. The molecule has 0 bridgehead atoms. The molecule has 1 aromatic carbocycles. The monoisotopic (exact) mass is 347 g/mol. The molecule has 1 aromatic rings. The average Bonchev–Trinajstić information content (AvgIpc) is 2.63. The van der Waals surface area contributed by atoms with Gasteiger partial charge in [0.15, 0.2) is 0 Å². The van der Waals surface area contributed by atoms with Gasteiger partial charge >= 0.3 is 0 Å². The third-order valence-corrected chi connectivity index (χ3v) is 5.08. The number of rotatable bonds is 9. The Hall–Kier alpha value is -1.43. The van der Waals surface area contributed by atoms with Crippen LogP contribution in [-0.4, -0.2) is 68.2 Å². The first-order chi connectivity index (χ1) is 12.1. The summed E-state index contributed by atoms with van der Waals surface area (Å²) in [4.78, 5) is 17.0. The van der Waals surface area contributed by atoms with E-state index in [0.29, 0.717) is 6.04 Å². The summed E-state index contributed by atoms with van der Waals surface area (Å²) in [5.41, 5.74) is 1.36. The fraction of sp³-hybridized carbons (Fsp3) is 0.650. The zero-order chi connectivity index (χ0) is 18.1. The minimum atomic E-state index is -0.0980. The maximum absolute atomic E-state index is 12.5. The summed E-state index contributed by atoms with van der Waals surface area (Å²) in [6.45, 7) is 6.67. The van der Waals surface area contributed by atoms with Crippen molar-refractivity contribution in [1.29, 1.82) is 0 Å². The number of nitrogens with one attached hydrogen (secondary N) is 1. The van der Waals surface area contributed by atoms with Crippen molar-refractivity contribution < 1.29 is 9.53 Å². The Bertz CT molecular complexity index is 501. The molecular weight excluding hydrogens is 314 g/mol. The number of benzene rings is 1. The Balaban J connectivity index is 1.69. The van der Waals surface area contributed by atoms with Crippen LogP contribution in [0.2, 0.25) is 0 Å². The number of likely N-dealkylation sites (tertiary alicyclic amines) is 1. The highest BCUT2D eigenvalue weighted by Crippen LogP contribution is 2.14. The van der Waals surface area contributed by atoms with Gasteiger partial charge in [0.25, 0.3) is 0 Å². The van der Waals surface area contributed by atoms with Crippen molar-refractivity contribution in [3.8, 4) is 0 Å². The lowest BCUT2D eigenvalue weighted by Crippen LogP contribution is -2.50. The van der Waals surface area contributed by atoms with Gasteiger partial charge in [-0.05, 0) is 38.8 Å². The highest BCUT2D eigenvalue weighted by atomic mass is 16.5. The summed E-state index contributed by atoms with van der Waals surface area (Å²) in [5.74, 6) is 0.140. The van der Waals surface area contributed by atoms with Crippen LogP contribution in [-0.2, 0) is 16.1 Å². The van der Waals surface area contributed by atoms with Crippen molar-refractivity contribution >= 4 is 5.91 Å². The highest BCUT2D eigenvalue weighted by molar-refractivity contribution is 5.81. The lowest BCUT2D eigenvalue weighted by molar-refractivity contribution is -0.126. The van der Waals surface area contributed by atoms with Gasteiger partial charge in [0, 0.05) is 45.9 Å². The number of ether oxygens (including phenoxy) is 1. The number of nitrogens with zero attached hydrogens (tertiary/aromatic N) is 2. The smallest absolute Gasteiger partial charge is 0.237 e. The maximum Gasteiger partial charge on any atom is 0.237 e. The van der Waals surface area contributed by atoms with Gasteiger partial charge in [0.1, 0.15) is 0 Å². The van der Waals surface area contributed by atoms with Gasteiger partial charge in [-0.15, -0.1) is 0 Å².